The third kappa shape index (κ3) is 1.32. The van der Waals surface area contributed by atoms with Crippen molar-refractivity contribution in [3.63, 3.8) is 0 Å². The number of hydrogen-bond donors (Lipinski definition) is 1. The van der Waals surface area contributed by atoms with Gasteiger partial charge in [0, 0.05) is 19.0 Å². The molecular weight excluding hydrogens is 180 g/mol. The van der Waals surface area contributed by atoms with E-state index < -0.39 is 5.54 Å². The molecule has 2 aliphatic rings. The molecule has 1 fully saturated rings. The van der Waals surface area contributed by atoms with Gasteiger partial charge in [0.15, 0.2) is 0 Å². The van der Waals surface area contributed by atoms with Gasteiger partial charge in [0.2, 0.25) is 0 Å². The second-order valence-electron chi connectivity index (χ2n) is 3.81. The second kappa shape index (κ2) is 3.13. The lowest BCUT2D eigenvalue weighted by atomic mass is 9.85. The minimum absolute atomic E-state index is 0.214. The van der Waals surface area contributed by atoms with Crippen LogP contribution in [0.25, 0.3) is 0 Å². The van der Waals surface area contributed by atoms with E-state index >= 15 is 0 Å². The van der Waals surface area contributed by atoms with Gasteiger partial charge in [-0.2, -0.15) is 0 Å². The maximum atomic E-state index is 11.3. The van der Waals surface area contributed by atoms with Crippen molar-refractivity contribution in [1.29, 1.82) is 0 Å². The van der Waals surface area contributed by atoms with Crippen molar-refractivity contribution in [2.75, 3.05) is 20.2 Å². The molecule has 2 rings (SSSR count). The number of fused-ring (bicyclic) bond motifs is 1. The van der Waals surface area contributed by atoms with E-state index in [9.17, 15) is 4.79 Å². The summed E-state index contributed by atoms with van der Waals surface area (Å²) >= 11 is 0. The van der Waals surface area contributed by atoms with Crippen LogP contribution in [0.15, 0.2) is 24.3 Å². The zero-order valence-electron chi connectivity index (χ0n) is 8.14. The molecule has 4 nitrogen and oxygen atoms in total. The number of methoxy groups -OCH3 is 1. The largest absolute Gasteiger partial charge is 0.453 e. The first-order valence-electron chi connectivity index (χ1n) is 4.63. The van der Waals surface area contributed by atoms with E-state index in [1.165, 1.54) is 7.11 Å². The molecule has 2 unspecified atom stereocenters. The van der Waals surface area contributed by atoms with Crippen molar-refractivity contribution < 1.29 is 9.53 Å². The van der Waals surface area contributed by atoms with Gasteiger partial charge in [0.05, 0.1) is 12.6 Å². The Morgan fingerprint density at radius 3 is 3.07 bits per heavy atom. The van der Waals surface area contributed by atoms with Crippen LogP contribution in [0.5, 0.6) is 0 Å². The molecule has 0 aromatic rings. The summed E-state index contributed by atoms with van der Waals surface area (Å²) in [5, 5.41) is 0. The highest BCUT2D eigenvalue weighted by atomic mass is 16.5. The number of nitrogens with zero attached hydrogens (tertiary/aromatic N) is 1. The van der Waals surface area contributed by atoms with E-state index in [-0.39, 0.29) is 12.0 Å². The molecule has 1 amide bonds. The molecule has 0 aromatic heterocycles. The Morgan fingerprint density at radius 1 is 1.64 bits per heavy atom. The Balaban J connectivity index is 2.15. The first-order chi connectivity index (χ1) is 6.65. The monoisotopic (exact) mass is 194 g/mol. The van der Waals surface area contributed by atoms with Crippen LogP contribution >= 0.6 is 0 Å². The SMILES string of the molecule is COC(=O)N1CC2C=CC=CC2(N)C1. The molecule has 1 aliphatic carbocycles. The first kappa shape index (κ1) is 9.27. The van der Waals surface area contributed by atoms with E-state index in [0.717, 1.165) is 0 Å². The minimum atomic E-state index is -0.400. The zero-order valence-corrected chi connectivity index (χ0v) is 8.14. The van der Waals surface area contributed by atoms with E-state index in [1.54, 1.807) is 4.90 Å². The molecule has 1 saturated heterocycles. The molecule has 76 valence electrons. The van der Waals surface area contributed by atoms with Gasteiger partial charge in [-0.25, -0.2) is 4.79 Å². The molecule has 0 bridgehead atoms. The molecular formula is C10H14N2O2. The quantitative estimate of drug-likeness (QED) is 0.611. The molecule has 14 heavy (non-hydrogen) atoms. The Morgan fingerprint density at radius 2 is 2.43 bits per heavy atom. The van der Waals surface area contributed by atoms with Gasteiger partial charge in [0.25, 0.3) is 0 Å². The fourth-order valence-corrected chi connectivity index (χ4v) is 2.04. The summed E-state index contributed by atoms with van der Waals surface area (Å²) in [5.74, 6) is 0.214. The van der Waals surface area contributed by atoms with E-state index in [1.807, 2.05) is 24.3 Å². The molecule has 0 spiro atoms. The number of ether oxygens (including phenoxy) is 1. The molecule has 1 aliphatic heterocycles. The number of likely N-dealkylation sites (tertiary alicyclic amines) is 1. The lowest BCUT2D eigenvalue weighted by Crippen LogP contribution is -2.46. The van der Waals surface area contributed by atoms with Gasteiger partial charge in [-0.15, -0.1) is 0 Å². The lowest BCUT2D eigenvalue weighted by molar-refractivity contribution is 0.131. The Hall–Kier alpha value is -1.29. The first-order valence-corrected chi connectivity index (χ1v) is 4.63. The Kier molecular flexibility index (Phi) is 2.07. The van der Waals surface area contributed by atoms with Gasteiger partial charge in [-0.05, 0) is 0 Å². The summed E-state index contributed by atoms with van der Waals surface area (Å²) in [6.07, 6.45) is 7.60. The molecule has 1 heterocycles. The average molecular weight is 194 g/mol. The number of carbonyl (C=O) groups excluding carboxylic acids is 1. The molecule has 2 N–H and O–H groups in total. The average Bonchev–Trinajstić information content (AvgIpc) is 2.53. The van der Waals surface area contributed by atoms with Gasteiger partial charge in [-0.1, -0.05) is 24.3 Å². The van der Waals surface area contributed by atoms with Crippen LogP contribution in [0.1, 0.15) is 0 Å². The number of hydrogen-bond acceptors (Lipinski definition) is 3. The highest BCUT2D eigenvalue weighted by Gasteiger charge is 2.43. The maximum absolute atomic E-state index is 11.3. The minimum Gasteiger partial charge on any atom is -0.453 e. The second-order valence-corrected chi connectivity index (χ2v) is 3.81. The van der Waals surface area contributed by atoms with Crippen molar-refractivity contribution in [3.05, 3.63) is 24.3 Å². The fraction of sp³-hybridized carbons (Fsp3) is 0.500. The summed E-state index contributed by atoms with van der Waals surface area (Å²) in [7, 11) is 1.39. The van der Waals surface area contributed by atoms with Crippen molar-refractivity contribution in [2.24, 2.45) is 11.7 Å². The highest BCUT2D eigenvalue weighted by Crippen LogP contribution is 2.30. The molecule has 2 atom stereocenters. The van der Waals surface area contributed by atoms with Gasteiger partial charge < -0.3 is 15.4 Å². The van der Waals surface area contributed by atoms with Crippen LogP contribution in [0.3, 0.4) is 0 Å². The van der Waals surface area contributed by atoms with Crippen LogP contribution < -0.4 is 5.73 Å². The Labute approximate surface area is 83.0 Å². The number of nitrogens with two attached hydrogens (primary N) is 1. The van der Waals surface area contributed by atoms with Crippen molar-refractivity contribution in [2.45, 2.75) is 5.54 Å². The summed E-state index contributed by atoms with van der Waals surface area (Å²) in [6, 6.07) is 0. The molecule has 0 saturated carbocycles. The van der Waals surface area contributed by atoms with E-state index in [0.29, 0.717) is 13.1 Å². The number of carbonyl (C=O) groups is 1. The van der Waals surface area contributed by atoms with Gasteiger partial charge >= 0.3 is 6.09 Å². The lowest BCUT2D eigenvalue weighted by Gasteiger charge is -2.26. The normalized spacial score (nSPS) is 34.4. The Bertz CT molecular complexity index is 311. The summed E-state index contributed by atoms with van der Waals surface area (Å²) in [6.45, 7) is 1.18. The van der Waals surface area contributed by atoms with Gasteiger partial charge in [0.1, 0.15) is 0 Å². The molecule has 4 heteroatoms. The topological polar surface area (TPSA) is 55.6 Å². The standard InChI is InChI=1S/C10H14N2O2/c1-14-9(13)12-6-8-4-2-3-5-10(8,11)7-12/h2-5,8H,6-7,11H2,1H3. The van der Waals surface area contributed by atoms with E-state index in [4.69, 9.17) is 5.73 Å². The van der Waals surface area contributed by atoms with E-state index in [2.05, 4.69) is 4.74 Å². The fourth-order valence-electron chi connectivity index (χ4n) is 2.04. The summed E-state index contributed by atoms with van der Waals surface area (Å²) < 4.78 is 4.67. The predicted molar refractivity (Wildman–Crippen MR) is 52.7 cm³/mol. The van der Waals surface area contributed by atoms with Crippen molar-refractivity contribution in [1.82, 2.24) is 4.90 Å². The van der Waals surface area contributed by atoms with Crippen molar-refractivity contribution in [3.8, 4) is 0 Å². The molecule has 0 radical (unpaired) electrons. The van der Waals surface area contributed by atoms with Crippen LogP contribution in [0.4, 0.5) is 4.79 Å². The zero-order chi connectivity index (χ0) is 10.2. The smallest absolute Gasteiger partial charge is 0.409 e. The molecule has 0 aromatic carbocycles. The van der Waals surface area contributed by atoms with Crippen LogP contribution in [0.2, 0.25) is 0 Å². The number of allylic oxidation sites excluding steroid dienone is 2. The maximum Gasteiger partial charge on any atom is 0.409 e. The third-order valence-electron chi connectivity index (χ3n) is 2.87. The highest BCUT2D eigenvalue weighted by molar-refractivity contribution is 5.68. The van der Waals surface area contributed by atoms with Gasteiger partial charge in [-0.3, -0.25) is 0 Å². The summed E-state index contributed by atoms with van der Waals surface area (Å²) in [4.78, 5) is 12.9. The third-order valence-corrected chi connectivity index (χ3v) is 2.87. The number of rotatable bonds is 0. The van der Waals surface area contributed by atoms with Crippen LogP contribution in [-0.2, 0) is 4.74 Å². The van der Waals surface area contributed by atoms with Crippen LogP contribution in [0, 0.1) is 5.92 Å². The number of amides is 1. The van der Waals surface area contributed by atoms with Crippen molar-refractivity contribution >= 4 is 6.09 Å². The van der Waals surface area contributed by atoms with Crippen LogP contribution in [-0.4, -0.2) is 36.7 Å². The summed E-state index contributed by atoms with van der Waals surface area (Å²) in [5.41, 5.74) is 5.76. The predicted octanol–water partition coefficient (Wildman–Crippen LogP) is 0.508.